The number of hydrogen-bond donors (Lipinski definition) is 1. The number of H-pyrrole nitrogens is 1. The fourth-order valence-electron chi connectivity index (χ4n) is 2.31. The van der Waals surface area contributed by atoms with Crippen LogP contribution in [0.5, 0.6) is 0 Å². The lowest BCUT2D eigenvalue weighted by Crippen LogP contribution is -2.09. The van der Waals surface area contributed by atoms with Crippen LogP contribution in [-0.4, -0.2) is 24.4 Å². The van der Waals surface area contributed by atoms with Crippen LogP contribution in [0.15, 0.2) is 46.8 Å². The van der Waals surface area contributed by atoms with Crippen LogP contribution in [-0.2, 0) is 7.05 Å². The normalized spacial score (nSPS) is 11.3. The zero-order valence-electron chi connectivity index (χ0n) is 11.1. The molecule has 0 spiro atoms. The van der Waals surface area contributed by atoms with Gasteiger partial charge in [-0.05, 0) is 11.4 Å². The molecule has 4 aromatic rings. The lowest BCUT2D eigenvalue weighted by molar-refractivity contribution is 0.768. The minimum absolute atomic E-state index is 0.154. The Morgan fingerprint density at radius 3 is 2.95 bits per heavy atom. The highest BCUT2D eigenvalue weighted by Crippen LogP contribution is 2.25. The Labute approximate surface area is 123 Å². The average Bonchev–Trinajstić information content (AvgIpc) is 3.16. The summed E-state index contributed by atoms with van der Waals surface area (Å²) in [6, 6.07) is 7.41. The summed E-state index contributed by atoms with van der Waals surface area (Å²) in [7, 11) is 1.84. The Hall–Kier alpha value is -2.67. The monoisotopic (exact) mass is 297 g/mol. The van der Waals surface area contributed by atoms with Gasteiger partial charge in [-0.1, -0.05) is 6.07 Å². The molecule has 0 aliphatic heterocycles. The Morgan fingerprint density at radius 2 is 2.24 bits per heavy atom. The highest BCUT2D eigenvalue weighted by Gasteiger charge is 2.12. The van der Waals surface area contributed by atoms with Crippen LogP contribution in [0.2, 0.25) is 0 Å². The molecular weight excluding hydrogens is 286 g/mol. The summed E-state index contributed by atoms with van der Waals surface area (Å²) in [5.74, 6) is 0. The lowest BCUT2D eigenvalue weighted by Gasteiger charge is -2.00. The van der Waals surface area contributed by atoms with Crippen LogP contribution in [0, 0.1) is 0 Å². The van der Waals surface area contributed by atoms with Crippen molar-refractivity contribution in [1.82, 2.24) is 24.4 Å². The fourth-order valence-corrected chi connectivity index (χ4v) is 2.99. The number of aryl methyl sites for hydroxylation is 1. The Bertz CT molecular complexity index is 977. The minimum Gasteiger partial charge on any atom is -0.307 e. The third-order valence-electron chi connectivity index (χ3n) is 3.23. The van der Waals surface area contributed by atoms with Gasteiger partial charge >= 0.3 is 0 Å². The molecule has 7 heteroatoms. The SMILES string of the molecule is Cn1cc(-c2cc(=O)[nH]c3cc(-c4cccs4)nn23)cn1. The summed E-state index contributed by atoms with van der Waals surface area (Å²) < 4.78 is 3.44. The molecule has 21 heavy (non-hydrogen) atoms. The second kappa shape index (κ2) is 4.42. The van der Waals surface area contributed by atoms with Crippen molar-refractivity contribution in [3.8, 4) is 21.8 Å². The zero-order chi connectivity index (χ0) is 14.4. The molecule has 1 N–H and O–H groups in total. The van der Waals surface area contributed by atoms with Gasteiger partial charge in [-0.3, -0.25) is 9.48 Å². The summed E-state index contributed by atoms with van der Waals surface area (Å²) >= 11 is 1.62. The van der Waals surface area contributed by atoms with E-state index in [4.69, 9.17) is 0 Å². The molecule has 104 valence electrons. The maximum Gasteiger partial charge on any atom is 0.251 e. The van der Waals surface area contributed by atoms with Crippen molar-refractivity contribution in [3.05, 3.63) is 52.4 Å². The quantitative estimate of drug-likeness (QED) is 0.616. The predicted molar refractivity (Wildman–Crippen MR) is 81.3 cm³/mol. The van der Waals surface area contributed by atoms with Gasteiger partial charge in [-0.2, -0.15) is 10.2 Å². The number of aromatic nitrogens is 5. The number of thiophene rings is 1. The van der Waals surface area contributed by atoms with Crippen molar-refractivity contribution in [2.45, 2.75) is 0 Å². The van der Waals surface area contributed by atoms with E-state index >= 15 is 0 Å². The molecule has 0 aliphatic carbocycles. The molecule has 4 heterocycles. The molecule has 0 bridgehead atoms. The molecule has 0 atom stereocenters. The van der Waals surface area contributed by atoms with Crippen molar-refractivity contribution < 1.29 is 0 Å². The van der Waals surface area contributed by atoms with Crippen molar-refractivity contribution in [1.29, 1.82) is 0 Å². The first kappa shape index (κ1) is 12.1. The highest BCUT2D eigenvalue weighted by molar-refractivity contribution is 7.13. The third kappa shape index (κ3) is 1.98. The second-order valence-electron chi connectivity index (χ2n) is 4.73. The van der Waals surface area contributed by atoms with E-state index < -0.39 is 0 Å². The van der Waals surface area contributed by atoms with Gasteiger partial charge in [0.1, 0.15) is 11.3 Å². The molecule has 0 unspecified atom stereocenters. The highest BCUT2D eigenvalue weighted by atomic mass is 32.1. The Kier molecular flexibility index (Phi) is 2.55. The number of rotatable bonds is 2. The molecule has 4 rings (SSSR count). The standard InChI is InChI=1S/C14H11N5OS/c1-18-8-9(7-15-18)11-6-14(20)16-13-5-10(17-19(11)13)12-3-2-4-21-12/h2-8H,1H3,(H,16,20). The Balaban J connectivity index is 2.00. The van der Waals surface area contributed by atoms with Crippen molar-refractivity contribution in [2.75, 3.05) is 0 Å². The second-order valence-corrected chi connectivity index (χ2v) is 5.67. The molecular formula is C14H11N5OS. The Morgan fingerprint density at radius 1 is 1.33 bits per heavy atom. The van der Waals surface area contributed by atoms with Crippen LogP contribution in [0.1, 0.15) is 0 Å². The van der Waals surface area contributed by atoms with E-state index in [1.165, 1.54) is 6.07 Å². The van der Waals surface area contributed by atoms with Crippen LogP contribution < -0.4 is 5.56 Å². The van der Waals surface area contributed by atoms with Crippen LogP contribution in [0.4, 0.5) is 0 Å². The number of nitrogens with zero attached hydrogens (tertiary/aromatic N) is 4. The summed E-state index contributed by atoms with van der Waals surface area (Å²) in [6.07, 6.45) is 3.58. The van der Waals surface area contributed by atoms with Crippen LogP contribution >= 0.6 is 11.3 Å². The van der Waals surface area contributed by atoms with Gasteiger partial charge in [-0.25, -0.2) is 4.52 Å². The molecule has 0 fully saturated rings. The first-order chi connectivity index (χ1) is 10.2. The smallest absolute Gasteiger partial charge is 0.251 e. The largest absolute Gasteiger partial charge is 0.307 e. The molecule has 0 amide bonds. The van der Waals surface area contributed by atoms with Gasteiger partial charge < -0.3 is 4.98 Å². The van der Waals surface area contributed by atoms with Gasteiger partial charge in [0.05, 0.1) is 16.8 Å². The molecule has 0 aromatic carbocycles. The molecule has 6 nitrogen and oxygen atoms in total. The van der Waals surface area contributed by atoms with E-state index in [-0.39, 0.29) is 5.56 Å². The van der Waals surface area contributed by atoms with Crippen LogP contribution in [0.3, 0.4) is 0 Å². The molecule has 4 aromatic heterocycles. The summed E-state index contributed by atoms with van der Waals surface area (Å²) in [5, 5.41) is 10.8. The van der Waals surface area contributed by atoms with Crippen LogP contribution in [0.25, 0.3) is 27.5 Å². The number of fused-ring (bicyclic) bond motifs is 1. The van der Waals surface area contributed by atoms with E-state index in [1.54, 1.807) is 26.7 Å². The van der Waals surface area contributed by atoms with Crippen molar-refractivity contribution >= 4 is 17.0 Å². The van der Waals surface area contributed by atoms with Gasteiger partial charge in [0, 0.05) is 30.9 Å². The predicted octanol–water partition coefficient (Wildman–Crippen LogP) is 2.15. The first-order valence-electron chi connectivity index (χ1n) is 6.37. The van der Waals surface area contributed by atoms with E-state index in [2.05, 4.69) is 15.2 Å². The topological polar surface area (TPSA) is 68.0 Å². The first-order valence-corrected chi connectivity index (χ1v) is 7.25. The van der Waals surface area contributed by atoms with E-state index in [9.17, 15) is 4.79 Å². The maximum atomic E-state index is 11.9. The summed E-state index contributed by atoms with van der Waals surface area (Å²) in [4.78, 5) is 15.7. The van der Waals surface area contributed by atoms with Gasteiger partial charge in [-0.15, -0.1) is 11.3 Å². The van der Waals surface area contributed by atoms with Gasteiger partial charge in [0.15, 0.2) is 0 Å². The summed E-state index contributed by atoms with van der Waals surface area (Å²) in [6.45, 7) is 0. The average molecular weight is 297 g/mol. The number of hydrogen-bond acceptors (Lipinski definition) is 4. The van der Waals surface area contributed by atoms with E-state index in [1.807, 2.05) is 36.8 Å². The van der Waals surface area contributed by atoms with Crippen molar-refractivity contribution in [3.63, 3.8) is 0 Å². The molecule has 0 saturated carbocycles. The molecule has 0 aliphatic rings. The van der Waals surface area contributed by atoms with Gasteiger partial charge in [0.2, 0.25) is 0 Å². The van der Waals surface area contributed by atoms with Crippen molar-refractivity contribution in [2.24, 2.45) is 7.05 Å². The van der Waals surface area contributed by atoms with E-state index in [0.29, 0.717) is 5.65 Å². The number of nitrogens with one attached hydrogen (secondary N) is 1. The molecule has 0 saturated heterocycles. The third-order valence-corrected chi connectivity index (χ3v) is 4.12. The van der Waals surface area contributed by atoms with E-state index in [0.717, 1.165) is 21.8 Å². The minimum atomic E-state index is -0.154. The van der Waals surface area contributed by atoms with Gasteiger partial charge in [0.25, 0.3) is 5.56 Å². The lowest BCUT2D eigenvalue weighted by atomic mass is 10.2. The zero-order valence-corrected chi connectivity index (χ0v) is 12.0. The number of aromatic amines is 1. The maximum absolute atomic E-state index is 11.9. The summed E-state index contributed by atoms with van der Waals surface area (Å²) in [5.41, 5.74) is 2.94. The fraction of sp³-hybridized carbons (Fsp3) is 0.0714. The molecule has 0 radical (unpaired) electrons.